The van der Waals surface area contributed by atoms with E-state index < -0.39 is 5.60 Å². The molecule has 0 aliphatic carbocycles. The molecule has 1 saturated heterocycles. The van der Waals surface area contributed by atoms with E-state index >= 15 is 0 Å². The first-order valence-corrected chi connectivity index (χ1v) is 5.59. The number of hydrogen-bond acceptors (Lipinski definition) is 4. The van der Waals surface area contributed by atoms with E-state index in [0.29, 0.717) is 6.61 Å². The number of carbonyl (C=O) groups excluding carboxylic acids is 1. The van der Waals surface area contributed by atoms with E-state index in [1.54, 1.807) is 0 Å². The van der Waals surface area contributed by atoms with Gasteiger partial charge in [0.1, 0.15) is 6.04 Å². The number of esters is 1. The van der Waals surface area contributed by atoms with Crippen LogP contribution in [0.3, 0.4) is 0 Å². The lowest BCUT2D eigenvalue weighted by Crippen LogP contribution is -2.49. The predicted octanol–water partition coefficient (Wildman–Crippen LogP) is 0.785. The van der Waals surface area contributed by atoms with E-state index in [9.17, 15) is 9.90 Å². The molecule has 4 heteroatoms. The Morgan fingerprint density at radius 3 is 2.53 bits per heavy atom. The zero-order valence-corrected chi connectivity index (χ0v) is 9.82. The molecule has 1 unspecified atom stereocenters. The maximum absolute atomic E-state index is 11.5. The van der Waals surface area contributed by atoms with Crippen molar-refractivity contribution in [3.8, 4) is 0 Å². The number of hydrogen-bond donors (Lipinski definition) is 1. The third kappa shape index (κ3) is 3.47. The molecule has 0 radical (unpaired) electrons. The molecule has 1 aliphatic rings. The number of piperidine rings is 1. The van der Waals surface area contributed by atoms with Crippen molar-refractivity contribution in [1.82, 2.24) is 4.90 Å². The second kappa shape index (κ2) is 4.94. The Morgan fingerprint density at radius 1 is 1.53 bits per heavy atom. The number of nitrogens with zero attached hydrogens (tertiary/aromatic N) is 1. The quantitative estimate of drug-likeness (QED) is 0.707. The number of likely N-dealkylation sites (tertiary alicyclic amines) is 1. The summed E-state index contributed by atoms with van der Waals surface area (Å²) in [6.07, 6.45) is 1.44. The van der Waals surface area contributed by atoms with Crippen LogP contribution in [-0.4, -0.2) is 47.3 Å². The summed E-state index contributed by atoms with van der Waals surface area (Å²) in [6.45, 7) is 7.46. The Bertz CT molecular complexity index is 218. The van der Waals surface area contributed by atoms with E-state index in [0.717, 1.165) is 25.9 Å². The van der Waals surface area contributed by atoms with Gasteiger partial charge < -0.3 is 9.84 Å². The van der Waals surface area contributed by atoms with Gasteiger partial charge in [-0.3, -0.25) is 9.69 Å². The highest BCUT2D eigenvalue weighted by atomic mass is 16.5. The van der Waals surface area contributed by atoms with Gasteiger partial charge >= 0.3 is 5.97 Å². The number of carbonyl (C=O) groups is 1. The molecule has 4 nitrogen and oxygen atoms in total. The molecule has 1 aliphatic heterocycles. The highest BCUT2D eigenvalue weighted by molar-refractivity contribution is 5.75. The first kappa shape index (κ1) is 12.5. The highest BCUT2D eigenvalue weighted by Crippen LogP contribution is 2.22. The topological polar surface area (TPSA) is 49.8 Å². The highest BCUT2D eigenvalue weighted by Gasteiger charge is 2.31. The number of ether oxygens (including phenoxy) is 1. The SMILES string of the molecule is CCOC(=O)C(C)N1CCC(C)(O)CC1. The van der Waals surface area contributed by atoms with Crippen LogP contribution in [0.4, 0.5) is 0 Å². The zero-order chi connectivity index (χ0) is 11.5. The van der Waals surface area contributed by atoms with Crippen molar-refractivity contribution in [2.75, 3.05) is 19.7 Å². The largest absolute Gasteiger partial charge is 0.465 e. The molecule has 1 fully saturated rings. The molecule has 1 rings (SSSR count). The van der Waals surface area contributed by atoms with Gasteiger partial charge in [-0.1, -0.05) is 0 Å². The van der Waals surface area contributed by atoms with Gasteiger partial charge in [0, 0.05) is 13.1 Å². The van der Waals surface area contributed by atoms with Gasteiger partial charge in [0.2, 0.25) is 0 Å². The van der Waals surface area contributed by atoms with Crippen LogP contribution in [-0.2, 0) is 9.53 Å². The Labute approximate surface area is 91.2 Å². The number of aliphatic hydroxyl groups is 1. The lowest BCUT2D eigenvalue weighted by atomic mass is 9.93. The summed E-state index contributed by atoms with van der Waals surface area (Å²) in [5.74, 6) is -0.168. The number of rotatable bonds is 3. The van der Waals surface area contributed by atoms with Gasteiger partial charge in [-0.05, 0) is 33.6 Å². The van der Waals surface area contributed by atoms with E-state index in [4.69, 9.17) is 4.74 Å². The molecular formula is C11H21NO3. The summed E-state index contributed by atoms with van der Waals surface area (Å²) in [4.78, 5) is 13.5. The smallest absolute Gasteiger partial charge is 0.323 e. The second-order valence-electron chi connectivity index (χ2n) is 4.46. The lowest BCUT2D eigenvalue weighted by molar-refractivity contribution is -0.150. The first-order chi connectivity index (χ1) is 6.96. The van der Waals surface area contributed by atoms with Crippen LogP contribution < -0.4 is 0 Å². The first-order valence-electron chi connectivity index (χ1n) is 5.59. The molecular weight excluding hydrogens is 194 g/mol. The Kier molecular flexibility index (Phi) is 4.11. The molecule has 1 atom stereocenters. The van der Waals surface area contributed by atoms with Gasteiger partial charge in [0.05, 0.1) is 12.2 Å². The van der Waals surface area contributed by atoms with Crippen molar-refractivity contribution in [3.05, 3.63) is 0 Å². The fourth-order valence-corrected chi connectivity index (χ4v) is 1.80. The molecule has 0 aromatic heterocycles. The normalized spacial score (nSPS) is 23.5. The van der Waals surface area contributed by atoms with Crippen LogP contribution in [0.15, 0.2) is 0 Å². The average molecular weight is 215 g/mol. The summed E-state index contributed by atoms with van der Waals surface area (Å²) in [5, 5.41) is 9.77. The standard InChI is InChI=1S/C11H21NO3/c1-4-15-10(13)9(2)12-7-5-11(3,14)6-8-12/h9,14H,4-8H2,1-3H3. The molecule has 0 bridgehead atoms. The van der Waals surface area contributed by atoms with E-state index in [-0.39, 0.29) is 12.0 Å². The third-order valence-corrected chi connectivity index (χ3v) is 3.05. The molecule has 0 saturated carbocycles. The van der Waals surface area contributed by atoms with Gasteiger partial charge in [-0.25, -0.2) is 0 Å². The molecule has 0 aromatic rings. The van der Waals surface area contributed by atoms with Gasteiger partial charge in [0.25, 0.3) is 0 Å². The molecule has 1 heterocycles. The van der Waals surface area contributed by atoms with E-state index in [1.807, 2.05) is 20.8 Å². The summed E-state index contributed by atoms with van der Waals surface area (Å²) < 4.78 is 4.97. The van der Waals surface area contributed by atoms with Crippen LogP contribution in [0.1, 0.15) is 33.6 Å². The lowest BCUT2D eigenvalue weighted by Gasteiger charge is -2.37. The fraction of sp³-hybridized carbons (Fsp3) is 0.909. The maximum atomic E-state index is 11.5. The van der Waals surface area contributed by atoms with Crippen molar-refractivity contribution < 1.29 is 14.6 Å². The van der Waals surface area contributed by atoms with Crippen LogP contribution in [0.2, 0.25) is 0 Å². The monoisotopic (exact) mass is 215 g/mol. The van der Waals surface area contributed by atoms with Gasteiger partial charge in [-0.2, -0.15) is 0 Å². The van der Waals surface area contributed by atoms with Crippen molar-refractivity contribution >= 4 is 5.97 Å². The zero-order valence-electron chi connectivity index (χ0n) is 9.82. The van der Waals surface area contributed by atoms with Gasteiger partial charge in [-0.15, -0.1) is 0 Å². The fourth-order valence-electron chi connectivity index (χ4n) is 1.80. The molecule has 15 heavy (non-hydrogen) atoms. The minimum absolute atomic E-state index is 0.168. The van der Waals surface area contributed by atoms with E-state index in [2.05, 4.69) is 4.90 Å². The summed E-state index contributed by atoms with van der Waals surface area (Å²) in [7, 11) is 0. The van der Waals surface area contributed by atoms with Gasteiger partial charge in [0.15, 0.2) is 0 Å². The van der Waals surface area contributed by atoms with Crippen molar-refractivity contribution in [2.45, 2.75) is 45.3 Å². The summed E-state index contributed by atoms with van der Waals surface area (Å²) in [6, 6.07) is -0.193. The van der Waals surface area contributed by atoms with Crippen molar-refractivity contribution in [1.29, 1.82) is 0 Å². The van der Waals surface area contributed by atoms with Crippen LogP contribution >= 0.6 is 0 Å². The molecule has 0 amide bonds. The predicted molar refractivity (Wildman–Crippen MR) is 57.5 cm³/mol. The molecule has 1 N–H and O–H groups in total. The molecule has 88 valence electrons. The van der Waals surface area contributed by atoms with Crippen LogP contribution in [0.25, 0.3) is 0 Å². The minimum Gasteiger partial charge on any atom is -0.465 e. The third-order valence-electron chi connectivity index (χ3n) is 3.05. The second-order valence-corrected chi connectivity index (χ2v) is 4.46. The Hall–Kier alpha value is -0.610. The minimum atomic E-state index is -0.565. The van der Waals surface area contributed by atoms with E-state index in [1.165, 1.54) is 0 Å². The molecule has 0 aromatic carbocycles. The Balaban J connectivity index is 2.42. The molecule has 0 spiro atoms. The van der Waals surface area contributed by atoms with Crippen LogP contribution in [0.5, 0.6) is 0 Å². The van der Waals surface area contributed by atoms with Crippen molar-refractivity contribution in [2.24, 2.45) is 0 Å². The Morgan fingerprint density at radius 2 is 2.07 bits per heavy atom. The average Bonchev–Trinajstić information content (AvgIpc) is 2.17. The van der Waals surface area contributed by atoms with Crippen LogP contribution in [0, 0.1) is 0 Å². The maximum Gasteiger partial charge on any atom is 0.323 e. The summed E-state index contributed by atoms with van der Waals surface area (Å²) in [5.41, 5.74) is -0.565. The summed E-state index contributed by atoms with van der Waals surface area (Å²) >= 11 is 0. The van der Waals surface area contributed by atoms with Crippen molar-refractivity contribution in [3.63, 3.8) is 0 Å².